The summed E-state index contributed by atoms with van der Waals surface area (Å²) < 4.78 is 5.11. The fourth-order valence-electron chi connectivity index (χ4n) is 3.36. The lowest BCUT2D eigenvalue weighted by Crippen LogP contribution is -2.36. The number of carbonyl (C=O) groups excluding carboxylic acids is 4. The molecular weight excluding hydrogens is 452 g/mol. The molecule has 4 rings (SSSR count). The smallest absolute Gasteiger partial charge is 0.294 e. The topological polar surface area (TPSA) is 92.8 Å². The number of imide groups is 1. The molecule has 0 aromatic heterocycles. The molecule has 0 saturated carbocycles. The van der Waals surface area contributed by atoms with Gasteiger partial charge in [-0.2, -0.15) is 0 Å². The molecule has 0 spiro atoms. The van der Waals surface area contributed by atoms with Crippen LogP contribution in [0.3, 0.4) is 0 Å². The molecular formula is C26H20N2O5S. The Morgan fingerprint density at radius 3 is 2.32 bits per heavy atom. The number of ketones is 1. The number of carbonyl (C=O) groups is 4. The first kappa shape index (κ1) is 23.0. The zero-order valence-electron chi connectivity index (χ0n) is 18.2. The van der Waals surface area contributed by atoms with Crippen LogP contribution in [0.25, 0.3) is 6.08 Å². The predicted molar refractivity (Wildman–Crippen MR) is 131 cm³/mol. The lowest BCUT2D eigenvalue weighted by Gasteiger charge is -2.14. The minimum absolute atomic E-state index is 0.225. The third-order valence-corrected chi connectivity index (χ3v) is 5.98. The lowest BCUT2D eigenvalue weighted by atomic mass is 10.0. The van der Waals surface area contributed by atoms with E-state index in [-0.39, 0.29) is 10.7 Å². The van der Waals surface area contributed by atoms with Crippen LogP contribution in [0.5, 0.6) is 5.75 Å². The van der Waals surface area contributed by atoms with E-state index >= 15 is 0 Å². The number of amides is 3. The normalized spacial score (nSPS) is 14.4. The second-order valence-electron chi connectivity index (χ2n) is 7.33. The van der Waals surface area contributed by atoms with Crippen molar-refractivity contribution in [2.75, 3.05) is 19.0 Å². The van der Waals surface area contributed by atoms with E-state index in [1.165, 1.54) is 0 Å². The molecule has 3 aromatic rings. The number of nitrogens with one attached hydrogen (secondary N) is 1. The van der Waals surface area contributed by atoms with Crippen LogP contribution in [-0.4, -0.2) is 41.4 Å². The first-order valence-electron chi connectivity index (χ1n) is 10.3. The quantitative estimate of drug-likeness (QED) is 0.399. The summed E-state index contributed by atoms with van der Waals surface area (Å²) in [6.07, 6.45) is 1.59. The van der Waals surface area contributed by atoms with Gasteiger partial charge in [-0.05, 0) is 47.7 Å². The number of anilines is 1. The molecule has 7 nitrogen and oxygen atoms in total. The molecule has 3 aromatic carbocycles. The van der Waals surface area contributed by atoms with Crippen LogP contribution in [0, 0.1) is 0 Å². The van der Waals surface area contributed by atoms with Gasteiger partial charge in [0, 0.05) is 11.1 Å². The Bertz CT molecular complexity index is 1290. The molecule has 1 fully saturated rings. The third kappa shape index (κ3) is 5.07. The van der Waals surface area contributed by atoms with Crippen molar-refractivity contribution in [3.05, 3.63) is 100 Å². The van der Waals surface area contributed by atoms with Crippen LogP contribution in [-0.2, 0) is 9.59 Å². The van der Waals surface area contributed by atoms with Crippen molar-refractivity contribution in [2.24, 2.45) is 0 Å². The van der Waals surface area contributed by atoms with Crippen molar-refractivity contribution in [1.82, 2.24) is 4.90 Å². The summed E-state index contributed by atoms with van der Waals surface area (Å²) in [5, 5.41) is 2.12. The molecule has 8 heteroatoms. The van der Waals surface area contributed by atoms with E-state index in [4.69, 9.17) is 4.74 Å². The maximum atomic E-state index is 12.9. The van der Waals surface area contributed by atoms with Crippen molar-refractivity contribution in [3.63, 3.8) is 0 Å². The first-order chi connectivity index (χ1) is 16.5. The summed E-state index contributed by atoms with van der Waals surface area (Å²) >= 11 is 0.773. The number of ether oxygens (including phenoxy) is 1. The number of hydrogen-bond donors (Lipinski definition) is 1. The number of para-hydroxylation sites is 1. The summed E-state index contributed by atoms with van der Waals surface area (Å²) in [7, 11) is 1.56. The van der Waals surface area contributed by atoms with Gasteiger partial charge in [-0.1, -0.05) is 54.6 Å². The second kappa shape index (κ2) is 10.2. The molecule has 1 aliphatic heterocycles. The Labute approximate surface area is 200 Å². The molecule has 1 saturated heterocycles. The van der Waals surface area contributed by atoms with Crippen molar-refractivity contribution < 1.29 is 23.9 Å². The van der Waals surface area contributed by atoms with E-state index in [1.54, 1.807) is 86.0 Å². The van der Waals surface area contributed by atoms with E-state index in [9.17, 15) is 19.2 Å². The molecule has 1 aliphatic rings. The Kier molecular flexibility index (Phi) is 6.89. The maximum absolute atomic E-state index is 12.9. The average Bonchev–Trinajstić information content (AvgIpc) is 3.12. The predicted octanol–water partition coefficient (Wildman–Crippen LogP) is 4.60. The molecule has 1 N–H and O–H groups in total. The van der Waals surface area contributed by atoms with Gasteiger partial charge in [-0.3, -0.25) is 24.1 Å². The Hall–Kier alpha value is -4.17. The number of thioether (sulfide) groups is 1. The average molecular weight is 473 g/mol. The summed E-state index contributed by atoms with van der Waals surface area (Å²) in [5.74, 6) is -0.700. The van der Waals surface area contributed by atoms with Crippen molar-refractivity contribution >= 4 is 46.4 Å². The van der Waals surface area contributed by atoms with Gasteiger partial charge < -0.3 is 10.1 Å². The van der Waals surface area contributed by atoms with E-state index < -0.39 is 23.6 Å². The Morgan fingerprint density at radius 2 is 1.62 bits per heavy atom. The molecule has 0 unspecified atom stereocenters. The zero-order valence-corrected chi connectivity index (χ0v) is 19.0. The summed E-state index contributed by atoms with van der Waals surface area (Å²) in [5.41, 5.74) is 1.83. The Balaban J connectivity index is 1.46. The molecule has 170 valence electrons. The van der Waals surface area contributed by atoms with Gasteiger partial charge in [0.1, 0.15) is 12.3 Å². The number of benzene rings is 3. The largest absolute Gasteiger partial charge is 0.497 e. The number of rotatable bonds is 7. The van der Waals surface area contributed by atoms with Crippen LogP contribution in [0.2, 0.25) is 0 Å². The second-order valence-corrected chi connectivity index (χ2v) is 8.32. The molecule has 0 bridgehead atoms. The van der Waals surface area contributed by atoms with Crippen LogP contribution < -0.4 is 10.1 Å². The third-order valence-electron chi connectivity index (χ3n) is 5.07. The van der Waals surface area contributed by atoms with E-state index in [1.807, 2.05) is 6.07 Å². The number of methoxy groups -OCH3 is 1. The van der Waals surface area contributed by atoms with Gasteiger partial charge in [-0.25, -0.2) is 0 Å². The van der Waals surface area contributed by atoms with Crippen LogP contribution in [0.15, 0.2) is 83.8 Å². The van der Waals surface area contributed by atoms with Crippen LogP contribution in [0.4, 0.5) is 10.5 Å². The first-order valence-corrected chi connectivity index (χ1v) is 11.2. The molecule has 3 amide bonds. The SMILES string of the molecule is COc1ccc(C=C2SC(=O)N(CC(=O)Nc3ccccc3C(=O)c3ccccc3)C2=O)cc1. The van der Waals surface area contributed by atoms with Crippen molar-refractivity contribution in [1.29, 1.82) is 0 Å². The standard InChI is InChI=1S/C26H20N2O5S/c1-33-19-13-11-17(12-14-19)15-22-25(31)28(26(32)34-22)16-23(29)27-21-10-6-5-9-20(21)24(30)18-7-3-2-4-8-18/h2-15H,16H2,1H3,(H,27,29). The summed E-state index contributed by atoms with van der Waals surface area (Å²) in [4.78, 5) is 51.8. The highest BCUT2D eigenvalue weighted by Crippen LogP contribution is 2.32. The van der Waals surface area contributed by atoms with E-state index in [0.717, 1.165) is 22.2 Å². The van der Waals surface area contributed by atoms with Gasteiger partial charge in [-0.15, -0.1) is 0 Å². The molecule has 0 aliphatic carbocycles. The van der Waals surface area contributed by atoms with Gasteiger partial charge >= 0.3 is 0 Å². The fraction of sp³-hybridized carbons (Fsp3) is 0.0769. The van der Waals surface area contributed by atoms with Crippen LogP contribution in [0.1, 0.15) is 21.5 Å². The molecule has 1 heterocycles. The van der Waals surface area contributed by atoms with Crippen molar-refractivity contribution in [2.45, 2.75) is 0 Å². The van der Waals surface area contributed by atoms with Gasteiger partial charge in [0.15, 0.2) is 5.78 Å². The van der Waals surface area contributed by atoms with E-state index in [0.29, 0.717) is 22.6 Å². The summed E-state index contributed by atoms with van der Waals surface area (Å²) in [6.45, 7) is -0.460. The van der Waals surface area contributed by atoms with Gasteiger partial charge in [0.25, 0.3) is 11.1 Å². The highest BCUT2D eigenvalue weighted by Gasteiger charge is 2.36. The summed E-state index contributed by atoms with van der Waals surface area (Å²) in [6, 6.07) is 22.3. The highest BCUT2D eigenvalue weighted by molar-refractivity contribution is 8.18. The van der Waals surface area contributed by atoms with E-state index in [2.05, 4.69) is 5.32 Å². The minimum atomic E-state index is -0.582. The number of hydrogen-bond acceptors (Lipinski definition) is 6. The minimum Gasteiger partial charge on any atom is -0.497 e. The highest BCUT2D eigenvalue weighted by atomic mass is 32.2. The number of nitrogens with zero attached hydrogens (tertiary/aromatic N) is 1. The van der Waals surface area contributed by atoms with Crippen LogP contribution >= 0.6 is 11.8 Å². The lowest BCUT2D eigenvalue weighted by molar-refractivity contribution is -0.127. The van der Waals surface area contributed by atoms with Crippen molar-refractivity contribution in [3.8, 4) is 5.75 Å². The molecule has 34 heavy (non-hydrogen) atoms. The Morgan fingerprint density at radius 1 is 0.941 bits per heavy atom. The van der Waals surface area contributed by atoms with Gasteiger partial charge in [0.05, 0.1) is 17.7 Å². The fourth-order valence-corrected chi connectivity index (χ4v) is 4.19. The molecule has 0 radical (unpaired) electrons. The molecule has 0 atom stereocenters. The zero-order chi connectivity index (χ0) is 24.1. The monoisotopic (exact) mass is 472 g/mol. The maximum Gasteiger partial charge on any atom is 0.294 e. The van der Waals surface area contributed by atoms with Gasteiger partial charge in [0.2, 0.25) is 5.91 Å².